The third-order valence-corrected chi connectivity index (χ3v) is 4.22. The van der Waals surface area contributed by atoms with Gasteiger partial charge in [-0.3, -0.25) is 0 Å². The number of carbonyl (C=O) groups excluding carboxylic acids is 1. The van der Waals surface area contributed by atoms with Gasteiger partial charge in [-0.15, -0.1) is 0 Å². The number of fused-ring (bicyclic) bond motifs is 1. The van der Waals surface area contributed by atoms with Crippen molar-refractivity contribution in [3.05, 3.63) is 38.3 Å². The molecule has 0 spiro atoms. The second kappa shape index (κ2) is 8.03. The quantitative estimate of drug-likeness (QED) is 0.216. The van der Waals surface area contributed by atoms with Gasteiger partial charge in [0.25, 0.3) is 0 Å². The van der Waals surface area contributed by atoms with Crippen LogP contribution in [0.1, 0.15) is 0 Å². The maximum absolute atomic E-state index is 11.6. The zero-order valence-electron chi connectivity index (χ0n) is 12.3. The molecule has 2 rings (SSSR count). The van der Waals surface area contributed by atoms with Crippen LogP contribution in [0, 0.1) is 3.57 Å². The average molecular weight is 449 g/mol. The van der Waals surface area contributed by atoms with Crippen LogP contribution in [0.25, 0.3) is 11.0 Å². The van der Waals surface area contributed by atoms with E-state index < -0.39 is 36.6 Å². The molecule has 0 aliphatic heterocycles. The second-order valence-corrected chi connectivity index (χ2v) is 6.33. The number of aliphatic hydroxyl groups excluding tert-OH is 4. The maximum atomic E-state index is 11.6. The average Bonchev–Trinajstić information content (AvgIpc) is 2.58. The maximum Gasteiger partial charge on any atom is 0.349 e. The Morgan fingerprint density at radius 1 is 1.21 bits per heavy atom. The predicted molar refractivity (Wildman–Crippen MR) is 93.8 cm³/mol. The van der Waals surface area contributed by atoms with E-state index in [1.807, 2.05) is 22.6 Å². The normalized spacial score (nSPS) is 16.4. The topological polar surface area (TPSA) is 140 Å². The lowest BCUT2D eigenvalue weighted by molar-refractivity contribution is -0.117. The summed E-state index contributed by atoms with van der Waals surface area (Å²) in [5, 5.41) is 41.1. The van der Waals surface area contributed by atoms with Crippen molar-refractivity contribution in [2.45, 2.75) is 24.4 Å². The highest BCUT2D eigenvalue weighted by Crippen LogP contribution is 2.20. The summed E-state index contributed by atoms with van der Waals surface area (Å²) in [5.41, 5.74) is 0.169. The molecule has 8 nitrogen and oxygen atoms in total. The van der Waals surface area contributed by atoms with Crippen LogP contribution in [-0.2, 0) is 4.79 Å². The van der Waals surface area contributed by atoms with E-state index >= 15 is 0 Å². The minimum Gasteiger partial charge on any atom is -0.422 e. The Bertz CT molecular complexity index is 778. The number of aldehydes is 1. The Balaban J connectivity index is 2.24. The molecule has 5 N–H and O–H groups in total. The highest BCUT2D eigenvalue weighted by atomic mass is 127. The van der Waals surface area contributed by atoms with Crippen molar-refractivity contribution in [2.24, 2.45) is 0 Å². The van der Waals surface area contributed by atoms with Gasteiger partial charge in [-0.05, 0) is 40.8 Å². The van der Waals surface area contributed by atoms with Crippen LogP contribution in [0.4, 0.5) is 5.69 Å². The second-order valence-electron chi connectivity index (χ2n) is 5.17. The van der Waals surface area contributed by atoms with Crippen LogP contribution in [0.3, 0.4) is 0 Å². The van der Waals surface area contributed by atoms with Gasteiger partial charge in [0.05, 0.1) is 10.2 Å². The van der Waals surface area contributed by atoms with Gasteiger partial charge in [-0.2, -0.15) is 0 Å². The fourth-order valence-electron chi connectivity index (χ4n) is 2.12. The van der Waals surface area contributed by atoms with Crippen LogP contribution >= 0.6 is 22.6 Å². The zero-order chi connectivity index (χ0) is 17.9. The largest absolute Gasteiger partial charge is 0.422 e. The van der Waals surface area contributed by atoms with Crippen LogP contribution in [0.2, 0.25) is 0 Å². The molecule has 0 bridgehead atoms. The first-order chi connectivity index (χ1) is 11.4. The Hall–Kier alpha value is -1.53. The van der Waals surface area contributed by atoms with E-state index in [1.54, 1.807) is 18.2 Å². The van der Waals surface area contributed by atoms with Gasteiger partial charge in [0.2, 0.25) is 0 Å². The van der Waals surface area contributed by atoms with Gasteiger partial charge < -0.3 is 35.0 Å². The minimum absolute atomic E-state index is 0.292. The van der Waals surface area contributed by atoms with E-state index in [0.29, 0.717) is 26.5 Å². The smallest absolute Gasteiger partial charge is 0.349 e. The van der Waals surface area contributed by atoms with Crippen molar-refractivity contribution >= 4 is 45.5 Å². The van der Waals surface area contributed by atoms with Crippen molar-refractivity contribution in [1.82, 2.24) is 0 Å². The van der Waals surface area contributed by atoms with Crippen LogP contribution in [0.15, 0.2) is 33.5 Å². The number of nitrogens with one attached hydrogen (secondary N) is 1. The lowest BCUT2D eigenvalue weighted by Gasteiger charge is -2.26. The summed E-state index contributed by atoms with van der Waals surface area (Å²) >= 11 is 1.86. The molecule has 1 aromatic heterocycles. The van der Waals surface area contributed by atoms with E-state index in [1.165, 1.54) is 6.07 Å². The Morgan fingerprint density at radius 3 is 2.54 bits per heavy atom. The fraction of sp³-hybridized carbons (Fsp3) is 0.333. The number of carbonyl (C=O) groups is 1. The third kappa shape index (κ3) is 4.11. The molecular formula is C15H16INO7. The molecule has 24 heavy (non-hydrogen) atoms. The monoisotopic (exact) mass is 449 g/mol. The summed E-state index contributed by atoms with van der Waals surface area (Å²) in [4.78, 5) is 22.7. The number of hydrogen-bond donors (Lipinski definition) is 5. The molecule has 0 saturated carbocycles. The van der Waals surface area contributed by atoms with Crippen molar-refractivity contribution in [1.29, 1.82) is 0 Å². The Labute approximate surface area is 149 Å². The van der Waals surface area contributed by atoms with Gasteiger partial charge in [0, 0.05) is 17.1 Å². The summed E-state index contributed by atoms with van der Waals surface area (Å²) in [5.74, 6) is 0. The summed E-state index contributed by atoms with van der Waals surface area (Å²) in [6, 6.07) is 5.16. The SMILES string of the molecule is O=C[C@H](Nc1ccc2cc(I)c(=O)oc2c1)[C@@H](O)[C@H](O)[C@H](O)CO. The Kier molecular flexibility index (Phi) is 6.29. The van der Waals surface area contributed by atoms with E-state index in [9.17, 15) is 24.9 Å². The first-order valence-electron chi connectivity index (χ1n) is 6.97. The number of rotatable bonds is 7. The van der Waals surface area contributed by atoms with Crippen LogP contribution in [0.5, 0.6) is 0 Å². The number of aliphatic hydroxyl groups is 4. The first-order valence-corrected chi connectivity index (χ1v) is 8.05. The number of benzene rings is 1. The first kappa shape index (κ1) is 18.8. The number of halogens is 1. The standard InChI is InChI=1S/C15H16INO7/c16-9-3-7-1-2-8(4-12(7)24-15(9)23)17-10(5-18)13(21)14(22)11(20)6-19/h1-5,10-11,13-14,17,19-22H,6H2/t10-,11+,13+,14+/m0/s1. The molecule has 130 valence electrons. The summed E-state index contributed by atoms with van der Waals surface area (Å²) in [6.45, 7) is -0.760. The van der Waals surface area contributed by atoms with Crippen molar-refractivity contribution in [3.8, 4) is 0 Å². The predicted octanol–water partition coefficient (Wildman–Crippen LogP) is -0.548. The van der Waals surface area contributed by atoms with Gasteiger partial charge in [-0.25, -0.2) is 4.79 Å². The molecule has 0 aliphatic rings. The van der Waals surface area contributed by atoms with Crippen LogP contribution < -0.4 is 10.9 Å². The molecule has 4 atom stereocenters. The molecule has 2 aromatic rings. The molecule has 0 saturated heterocycles. The molecule has 0 amide bonds. The fourth-order valence-corrected chi connectivity index (χ4v) is 2.56. The minimum atomic E-state index is -1.71. The molecule has 1 heterocycles. The van der Waals surface area contributed by atoms with Crippen molar-refractivity contribution in [2.75, 3.05) is 11.9 Å². The number of anilines is 1. The van der Waals surface area contributed by atoms with Gasteiger partial charge in [-0.1, -0.05) is 0 Å². The van der Waals surface area contributed by atoms with Crippen molar-refractivity contribution in [3.63, 3.8) is 0 Å². The molecule has 0 unspecified atom stereocenters. The molecular weight excluding hydrogens is 433 g/mol. The van der Waals surface area contributed by atoms with Crippen molar-refractivity contribution < 1.29 is 29.6 Å². The van der Waals surface area contributed by atoms with Gasteiger partial charge in [0.15, 0.2) is 0 Å². The Morgan fingerprint density at radius 2 is 1.92 bits per heavy atom. The molecule has 0 aliphatic carbocycles. The van der Waals surface area contributed by atoms with Crippen LogP contribution in [-0.4, -0.2) is 57.7 Å². The van der Waals surface area contributed by atoms with Gasteiger partial charge >= 0.3 is 5.63 Å². The summed E-state index contributed by atoms with van der Waals surface area (Å²) < 4.78 is 5.57. The number of hydrogen-bond acceptors (Lipinski definition) is 8. The molecule has 0 fully saturated rings. The lowest BCUT2D eigenvalue weighted by atomic mass is 10.0. The molecule has 1 aromatic carbocycles. The van der Waals surface area contributed by atoms with E-state index in [0.717, 1.165) is 0 Å². The zero-order valence-corrected chi connectivity index (χ0v) is 14.5. The molecule has 0 radical (unpaired) electrons. The van der Waals surface area contributed by atoms with E-state index in [4.69, 9.17) is 9.52 Å². The lowest BCUT2D eigenvalue weighted by Crippen LogP contribution is -2.49. The third-order valence-electron chi connectivity index (χ3n) is 3.47. The van der Waals surface area contributed by atoms with E-state index in [-0.39, 0.29) is 0 Å². The van der Waals surface area contributed by atoms with Gasteiger partial charge in [0.1, 0.15) is 36.2 Å². The van der Waals surface area contributed by atoms with E-state index in [2.05, 4.69) is 5.32 Å². The summed E-state index contributed by atoms with van der Waals surface area (Å²) in [6.07, 6.45) is -4.57. The molecule has 9 heteroatoms. The highest BCUT2D eigenvalue weighted by Gasteiger charge is 2.31. The highest BCUT2D eigenvalue weighted by molar-refractivity contribution is 14.1. The summed E-state index contributed by atoms with van der Waals surface area (Å²) in [7, 11) is 0.